The van der Waals surface area contributed by atoms with E-state index in [2.05, 4.69) is 5.10 Å². The van der Waals surface area contributed by atoms with E-state index in [1.165, 1.54) is 9.58 Å². The molecule has 0 unspecified atom stereocenters. The van der Waals surface area contributed by atoms with Gasteiger partial charge in [0, 0.05) is 32.3 Å². The number of rotatable bonds is 7. The van der Waals surface area contributed by atoms with Crippen LogP contribution in [0, 0.1) is 0 Å². The zero-order valence-electron chi connectivity index (χ0n) is 11.5. The number of halogens is 4. The lowest BCUT2D eigenvalue weighted by molar-refractivity contribution is -0.147. The first-order valence-corrected chi connectivity index (χ1v) is 6.76. The second-order valence-electron chi connectivity index (χ2n) is 4.60. The average molecular weight is 314 g/mol. The lowest BCUT2D eigenvalue weighted by Gasteiger charge is -2.23. The highest BCUT2D eigenvalue weighted by Gasteiger charge is 2.31. The van der Waals surface area contributed by atoms with Crippen molar-refractivity contribution < 1.29 is 18.3 Å². The van der Waals surface area contributed by atoms with Gasteiger partial charge in [0.1, 0.15) is 5.15 Å². The Labute approximate surface area is 121 Å². The third-order valence-corrected chi connectivity index (χ3v) is 3.38. The van der Waals surface area contributed by atoms with Crippen molar-refractivity contribution in [3.8, 4) is 0 Å². The van der Waals surface area contributed by atoms with Crippen LogP contribution in [0.3, 0.4) is 0 Å². The smallest absolute Gasteiger partial charge is 0.396 e. The van der Waals surface area contributed by atoms with Gasteiger partial charge in [0.25, 0.3) is 0 Å². The van der Waals surface area contributed by atoms with Gasteiger partial charge in [-0.3, -0.25) is 9.58 Å². The normalized spacial score (nSPS) is 12.4. The molecule has 1 heterocycles. The fourth-order valence-corrected chi connectivity index (χ4v) is 2.23. The number of nitrogens with zero attached hydrogens (tertiary/aromatic N) is 3. The van der Waals surface area contributed by atoms with Crippen molar-refractivity contribution in [2.45, 2.75) is 32.5 Å². The summed E-state index contributed by atoms with van der Waals surface area (Å²) in [6, 6.07) is 0. The Balaban J connectivity index is 2.88. The Morgan fingerprint density at radius 3 is 2.55 bits per heavy atom. The molecule has 0 fully saturated rings. The quantitative estimate of drug-likeness (QED) is 0.840. The van der Waals surface area contributed by atoms with Gasteiger partial charge in [0.2, 0.25) is 0 Å². The predicted molar refractivity (Wildman–Crippen MR) is 70.6 cm³/mol. The Morgan fingerprint density at radius 2 is 2.05 bits per heavy atom. The van der Waals surface area contributed by atoms with E-state index in [0.717, 1.165) is 0 Å². The first kappa shape index (κ1) is 17.3. The molecule has 0 aliphatic heterocycles. The number of aromatic nitrogens is 2. The van der Waals surface area contributed by atoms with Gasteiger partial charge < -0.3 is 5.11 Å². The van der Waals surface area contributed by atoms with E-state index in [1.54, 1.807) is 7.05 Å². The van der Waals surface area contributed by atoms with Crippen LogP contribution in [-0.4, -0.2) is 45.7 Å². The molecule has 1 N–H and O–H groups in total. The molecule has 4 nitrogen and oxygen atoms in total. The molecule has 0 aliphatic carbocycles. The van der Waals surface area contributed by atoms with E-state index in [0.29, 0.717) is 22.8 Å². The Kier molecular flexibility index (Phi) is 6.29. The van der Waals surface area contributed by atoms with Crippen molar-refractivity contribution in [3.05, 3.63) is 16.4 Å². The van der Waals surface area contributed by atoms with Crippen LogP contribution >= 0.6 is 11.6 Å². The molecule has 0 aromatic carbocycles. The summed E-state index contributed by atoms with van der Waals surface area (Å²) in [6.45, 7) is 0.945. The lowest BCUT2D eigenvalue weighted by atomic mass is 10.2. The standard InChI is InChI=1S/C12H19ClF3N3O/c1-3-10-9(11(13)18(2)17-10)7-19(5-4-6-20)8-12(14,15)16/h20H,3-8H2,1-2H3. The monoisotopic (exact) mass is 313 g/mol. The highest BCUT2D eigenvalue weighted by Crippen LogP contribution is 2.24. The van der Waals surface area contributed by atoms with E-state index in [1.807, 2.05) is 6.92 Å². The van der Waals surface area contributed by atoms with Gasteiger partial charge in [0.05, 0.1) is 12.2 Å². The van der Waals surface area contributed by atoms with Crippen LogP contribution in [0.5, 0.6) is 0 Å². The summed E-state index contributed by atoms with van der Waals surface area (Å²) >= 11 is 6.09. The molecule has 0 atom stereocenters. The Bertz CT molecular complexity index is 434. The van der Waals surface area contributed by atoms with Gasteiger partial charge in [-0.1, -0.05) is 18.5 Å². The molecule has 20 heavy (non-hydrogen) atoms. The summed E-state index contributed by atoms with van der Waals surface area (Å²) in [5, 5.41) is 13.3. The number of alkyl halides is 3. The van der Waals surface area contributed by atoms with Crippen LogP contribution in [0.1, 0.15) is 24.6 Å². The van der Waals surface area contributed by atoms with Gasteiger partial charge in [-0.05, 0) is 12.8 Å². The molecule has 0 aliphatic rings. The van der Waals surface area contributed by atoms with Crippen LogP contribution < -0.4 is 0 Å². The number of aliphatic hydroxyl groups is 1. The van der Waals surface area contributed by atoms with Gasteiger partial charge in [-0.25, -0.2) is 0 Å². The summed E-state index contributed by atoms with van der Waals surface area (Å²) in [7, 11) is 1.66. The molecule has 0 amide bonds. The largest absolute Gasteiger partial charge is 0.401 e. The van der Waals surface area contributed by atoms with Crippen LogP contribution in [-0.2, 0) is 20.0 Å². The highest BCUT2D eigenvalue weighted by molar-refractivity contribution is 6.30. The zero-order chi connectivity index (χ0) is 15.3. The van der Waals surface area contributed by atoms with Crippen LogP contribution in [0.2, 0.25) is 5.15 Å². The van der Waals surface area contributed by atoms with Crippen molar-refractivity contribution in [2.24, 2.45) is 7.05 Å². The van der Waals surface area contributed by atoms with Crippen molar-refractivity contribution in [1.29, 1.82) is 0 Å². The topological polar surface area (TPSA) is 41.3 Å². The maximum absolute atomic E-state index is 12.6. The molecular weight excluding hydrogens is 295 g/mol. The summed E-state index contributed by atoms with van der Waals surface area (Å²) in [5.41, 5.74) is 1.33. The summed E-state index contributed by atoms with van der Waals surface area (Å²) < 4.78 is 39.2. The summed E-state index contributed by atoms with van der Waals surface area (Å²) in [5.74, 6) is 0. The molecule has 0 radical (unpaired) electrons. The molecule has 1 aromatic heterocycles. The molecule has 1 aromatic rings. The molecule has 116 valence electrons. The molecular formula is C12H19ClF3N3O. The first-order chi connectivity index (χ1) is 9.28. The fourth-order valence-electron chi connectivity index (χ4n) is 2.03. The summed E-state index contributed by atoms with van der Waals surface area (Å²) in [6.07, 6.45) is -3.39. The van der Waals surface area contributed by atoms with Crippen molar-refractivity contribution >= 4 is 11.6 Å². The second kappa shape index (κ2) is 7.28. The van der Waals surface area contributed by atoms with E-state index >= 15 is 0 Å². The maximum Gasteiger partial charge on any atom is 0.401 e. The minimum Gasteiger partial charge on any atom is -0.396 e. The first-order valence-electron chi connectivity index (χ1n) is 6.38. The number of hydrogen-bond acceptors (Lipinski definition) is 3. The van der Waals surface area contributed by atoms with Crippen molar-refractivity contribution in [1.82, 2.24) is 14.7 Å². The van der Waals surface area contributed by atoms with Crippen molar-refractivity contribution in [2.75, 3.05) is 19.7 Å². The molecule has 0 bridgehead atoms. The summed E-state index contributed by atoms with van der Waals surface area (Å²) in [4.78, 5) is 1.23. The molecule has 0 saturated carbocycles. The van der Waals surface area contributed by atoms with Gasteiger partial charge in [-0.2, -0.15) is 18.3 Å². The number of hydrogen-bond donors (Lipinski definition) is 1. The van der Waals surface area contributed by atoms with Gasteiger partial charge >= 0.3 is 6.18 Å². The lowest BCUT2D eigenvalue weighted by Crippen LogP contribution is -2.35. The van der Waals surface area contributed by atoms with E-state index < -0.39 is 12.7 Å². The van der Waals surface area contributed by atoms with Crippen LogP contribution in [0.25, 0.3) is 0 Å². The third-order valence-electron chi connectivity index (χ3n) is 2.90. The van der Waals surface area contributed by atoms with Crippen LogP contribution in [0.4, 0.5) is 13.2 Å². The number of aryl methyl sites for hydroxylation is 2. The Morgan fingerprint density at radius 1 is 1.40 bits per heavy atom. The second-order valence-corrected chi connectivity index (χ2v) is 4.95. The van der Waals surface area contributed by atoms with E-state index in [9.17, 15) is 13.2 Å². The minimum absolute atomic E-state index is 0.0787. The highest BCUT2D eigenvalue weighted by atomic mass is 35.5. The fraction of sp³-hybridized carbons (Fsp3) is 0.750. The zero-order valence-corrected chi connectivity index (χ0v) is 12.3. The van der Waals surface area contributed by atoms with Gasteiger partial charge in [0.15, 0.2) is 0 Å². The molecule has 0 saturated heterocycles. The van der Waals surface area contributed by atoms with Gasteiger partial charge in [-0.15, -0.1) is 0 Å². The minimum atomic E-state index is -4.28. The number of aliphatic hydroxyl groups excluding tert-OH is 1. The predicted octanol–water partition coefficient (Wildman–Crippen LogP) is 2.38. The molecule has 0 spiro atoms. The average Bonchev–Trinajstić information content (AvgIpc) is 2.61. The Hall–Kier alpha value is -0.790. The van der Waals surface area contributed by atoms with Crippen molar-refractivity contribution in [3.63, 3.8) is 0 Å². The van der Waals surface area contributed by atoms with E-state index in [4.69, 9.17) is 16.7 Å². The molecule has 8 heteroatoms. The molecule has 1 rings (SSSR count). The van der Waals surface area contributed by atoms with Crippen LogP contribution in [0.15, 0.2) is 0 Å². The third kappa shape index (κ3) is 4.96. The SMILES string of the molecule is CCc1nn(C)c(Cl)c1CN(CCCO)CC(F)(F)F. The maximum atomic E-state index is 12.6. The van der Waals surface area contributed by atoms with E-state index in [-0.39, 0.29) is 26.1 Å².